The lowest BCUT2D eigenvalue weighted by Gasteiger charge is -2.19. The smallest absolute Gasteiger partial charge is 0.303 e. The summed E-state index contributed by atoms with van der Waals surface area (Å²) in [4.78, 5) is 10.6. The van der Waals surface area contributed by atoms with E-state index in [1.807, 2.05) is 24.3 Å². The lowest BCUT2D eigenvalue weighted by molar-refractivity contribution is -0.136. The van der Waals surface area contributed by atoms with E-state index in [1.54, 1.807) is 0 Å². The zero-order chi connectivity index (χ0) is 21.4. The number of allylic oxidation sites excluding steroid dienone is 6. The van der Waals surface area contributed by atoms with Gasteiger partial charge in [-0.2, -0.15) is 0 Å². The monoisotopic (exact) mass is 402 g/mol. The van der Waals surface area contributed by atoms with Crippen LogP contribution in [0.25, 0.3) is 0 Å². The SMILES string of the molecule is CC(C)=CCCC(C)C[C@H](O)/C=C/[C@@H]1[C@H]2CC(/C=C\CCC(=O)O)=C[C@H]2C[C@H]1O. The summed E-state index contributed by atoms with van der Waals surface area (Å²) in [7, 11) is 0. The average Bonchev–Trinajstić information content (AvgIpc) is 3.13. The Bertz CT molecular complexity index is 654. The van der Waals surface area contributed by atoms with E-state index in [-0.39, 0.29) is 18.4 Å². The highest BCUT2D eigenvalue weighted by atomic mass is 16.4. The molecule has 1 saturated carbocycles. The second kappa shape index (κ2) is 11.5. The highest BCUT2D eigenvalue weighted by Crippen LogP contribution is 2.47. The van der Waals surface area contributed by atoms with Gasteiger partial charge in [0.2, 0.25) is 0 Å². The fraction of sp³-hybridized carbons (Fsp3) is 0.640. The molecule has 2 aliphatic carbocycles. The second-order valence-corrected chi connectivity index (χ2v) is 9.14. The Hall–Kier alpha value is -1.65. The van der Waals surface area contributed by atoms with Crippen LogP contribution in [0.1, 0.15) is 65.7 Å². The Labute approximate surface area is 175 Å². The molecule has 0 amide bonds. The van der Waals surface area contributed by atoms with Gasteiger partial charge in [-0.05, 0) is 70.1 Å². The molecule has 29 heavy (non-hydrogen) atoms. The minimum absolute atomic E-state index is 0.0804. The maximum absolute atomic E-state index is 10.6. The average molecular weight is 403 g/mol. The number of aliphatic hydroxyl groups is 2. The first kappa shape index (κ1) is 23.6. The Morgan fingerprint density at radius 1 is 1.31 bits per heavy atom. The van der Waals surface area contributed by atoms with Crippen LogP contribution < -0.4 is 0 Å². The van der Waals surface area contributed by atoms with Gasteiger partial charge in [-0.3, -0.25) is 4.79 Å². The first-order chi connectivity index (χ1) is 13.8. The van der Waals surface area contributed by atoms with Crippen LogP contribution >= 0.6 is 0 Å². The third-order valence-corrected chi connectivity index (χ3v) is 6.17. The molecule has 0 aromatic heterocycles. The van der Waals surface area contributed by atoms with Crippen LogP contribution in [0.15, 0.2) is 47.6 Å². The van der Waals surface area contributed by atoms with Crippen molar-refractivity contribution in [2.24, 2.45) is 23.7 Å². The van der Waals surface area contributed by atoms with E-state index in [2.05, 4.69) is 32.9 Å². The van der Waals surface area contributed by atoms with Crippen LogP contribution in [-0.4, -0.2) is 33.5 Å². The molecule has 2 rings (SSSR count). The number of carboxylic acid groups (broad SMARTS) is 1. The van der Waals surface area contributed by atoms with E-state index in [4.69, 9.17) is 5.11 Å². The fourth-order valence-electron chi connectivity index (χ4n) is 4.63. The van der Waals surface area contributed by atoms with Gasteiger partial charge in [0.15, 0.2) is 0 Å². The van der Waals surface area contributed by atoms with Crippen LogP contribution in [0, 0.1) is 23.7 Å². The van der Waals surface area contributed by atoms with Crippen LogP contribution in [0.4, 0.5) is 0 Å². The first-order valence-corrected chi connectivity index (χ1v) is 11.0. The first-order valence-electron chi connectivity index (χ1n) is 11.0. The molecule has 162 valence electrons. The number of aliphatic hydroxyl groups excluding tert-OH is 2. The molecule has 2 aliphatic rings. The Balaban J connectivity index is 1.82. The van der Waals surface area contributed by atoms with Crippen molar-refractivity contribution in [3.05, 3.63) is 47.6 Å². The molecule has 3 N–H and O–H groups in total. The summed E-state index contributed by atoms with van der Waals surface area (Å²) in [5, 5.41) is 29.6. The van der Waals surface area contributed by atoms with Gasteiger partial charge in [0.25, 0.3) is 0 Å². The summed E-state index contributed by atoms with van der Waals surface area (Å²) in [6.07, 6.45) is 16.8. The van der Waals surface area contributed by atoms with Crippen molar-refractivity contribution < 1.29 is 20.1 Å². The number of hydrogen-bond donors (Lipinski definition) is 3. The quantitative estimate of drug-likeness (QED) is 0.423. The van der Waals surface area contributed by atoms with Gasteiger partial charge in [-0.15, -0.1) is 0 Å². The predicted octanol–water partition coefficient (Wildman–Crippen LogP) is 5.04. The van der Waals surface area contributed by atoms with E-state index in [0.29, 0.717) is 24.2 Å². The standard InChI is InChI=1S/C25H38O4/c1-17(2)7-6-8-18(3)13-21(26)11-12-22-23-15-19(9-4-5-10-25(28)29)14-20(23)16-24(22)27/h4,7,9,11-12,14,18,20-24,26-27H,5-6,8,10,13,15-16H2,1-3H3,(H,28,29)/b9-4-,12-11+/t18?,20-,21+,22+,23-,24+/m0/s1. The maximum Gasteiger partial charge on any atom is 0.303 e. The van der Waals surface area contributed by atoms with Gasteiger partial charge in [0.05, 0.1) is 12.2 Å². The number of fused-ring (bicyclic) bond motifs is 1. The summed E-state index contributed by atoms with van der Waals surface area (Å²) < 4.78 is 0. The molecule has 0 heterocycles. The normalized spacial score (nSPS) is 28.5. The van der Waals surface area contributed by atoms with Crippen molar-refractivity contribution in [3.63, 3.8) is 0 Å². The number of aliphatic carboxylic acids is 1. The summed E-state index contributed by atoms with van der Waals surface area (Å²) in [5.41, 5.74) is 2.58. The maximum atomic E-state index is 10.6. The van der Waals surface area contributed by atoms with Crippen LogP contribution in [0.3, 0.4) is 0 Å². The molecular weight excluding hydrogens is 364 g/mol. The van der Waals surface area contributed by atoms with E-state index in [1.165, 1.54) is 11.1 Å². The summed E-state index contributed by atoms with van der Waals surface area (Å²) in [6, 6.07) is 0. The van der Waals surface area contributed by atoms with Gasteiger partial charge >= 0.3 is 5.97 Å². The van der Waals surface area contributed by atoms with Crippen LogP contribution in [-0.2, 0) is 4.79 Å². The minimum atomic E-state index is -0.773. The van der Waals surface area contributed by atoms with E-state index < -0.39 is 12.1 Å². The number of rotatable bonds is 11. The summed E-state index contributed by atoms with van der Waals surface area (Å²) in [5.74, 6) is 0.519. The molecule has 0 bridgehead atoms. The summed E-state index contributed by atoms with van der Waals surface area (Å²) in [6.45, 7) is 6.40. The molecule has 0 saturated heterocycles. The van der Waals surface area contributed by atoms with Gasteiger partial charge in [-0.25, -0.2) is 0 Å². The molecule has 0 spiro atoms. The molecule has 6 atom stereocenters. The topological polar surface area (TPSA) is 77.8 Å². The largest absolute Gasteiger partial charge is 0.481 e. The van der Waals surface area contributed by atoms with Crippen molar-refractivity contribution in [2.45, 2.75) is 77.9 Å². The van der Waals surface area contributed by atoms with Gasteiger partial charge < -0.3 is 15.3 Å². The fourth-order valence-corrected chi connectivity index (χ4v) is 4.63. The van der Waals surface area contributed by atoms with Crippen molar-refractivity contribution in [2.75, 3.05) is 0 Å². The van der Waals surface area contributed by atoms with E-state index >= 15 is 0 Å². The number of carboxylic acids is 1. The van der Waals surface area contributed by atoms with E-state index in [0.717, 1.165) is 32.1 Å². The minimum Gasteiger partial charge on any atom is -0.481 e. The lowest BCUT2D eigenvalue weighted by atomic mass is 9.88. The van der Waals surface area contributed by atoms with Gasteiger partial charge in [-0.1, -0.05) is 54.5 Å². The molecule has 0 radical (unpaired) electrons. The molecule has 4 heteroatoms. The Morgan fingerprint density at radius 2 is 2.07 bits per heavy atom. The third-order valence-electron chi connectivity index (χ3n) is 6.17. The Morgan fingerprint density at radius 3 is 2.76 bits per heavy atom. The molecular formula is C25H38O4. The Kier molecular flexibility index (Phi) is 9.38. The van der Waals surface area contributed by atoms with Crippen LogP contribution in [0.5, 0.6) is 0 Å². The van der Waals surface area contributed by atoms with Gasteiger partial charge in [0.1, 0.15) is 0 Å². The van der Waals surface area contributed by atoms with E-state index in [9.17, 15) is 15.0 Å². The summed E-state index contributed by atoms with van der Waals surface area (Å²) >= 11 is 0. The third kappa shape index (κ3) is 7.94. The van der Waals surface area contributed by atoms with Crippen molar-refractivity contribution in [1.82, 2.24) is 0 Å². The molecule has 0 aromatic carbocycles. The lowest BCUT2D eigenvalue weighted by Crippen LogP contribution is -2.18. The molecule has 0 aliphatic heterocycles. The highest BCUT2D eigenvalue weighted by Gasteiger charge is 2.42. The molecule has 0 aromatic rings. The van der Waals surface area contributed by atoms with Gasteiger partial charge in [0, 0.05) is 12.3 Å². The zero-order valence-corrected chi connectivity index (χ0v) is 18.1. The molecule has 1 fully saturated rings. The van der Waals surface area contributed by atoms with Crippen molar-refractivity contribution in [3.8, 4) is 0 Å². The van der Waals surface area contributed by atoms with Crippen molar-refractivity contribution >= 4 is 5.97 Å². The van der Waals surface area contributed by atoms with Crippen LogP contribution in [0.2, 0.25) is 0 Å². The molecule has 4 nitrogen and oxygen atoms in total. The number of hydrogen-bond acceptors (Lipinski definition) is 3. The van der Waals surface area contributed by atoms with Crippen molar-refractivity contribution in [1.29, 1.82) is 0 Å². The number of carbonyl (C=O) groups is 1. The molecule has 1 unspecified atom stereocenters. The second-order valence-electron chi connectivity index (χ2n) is 9.14. The predicted molar refractivity (Wildman–Crippen MR) is 117 cm³/mol. The highest BCUT2D eigenvalue weighted by molar-refractivity contribution is 5.66. The zero-order valence-electron chi connectivity index (χ0n) is 18.1.